The second-order valence-electron chi connectivity index (χ2n) is 8.79. The first-order chi connectivity index (χ1) is 18.9. The molecule has 0 saturated heterocycles. The van der Waals surface area contributed by atoms with E-state index in [-0.39, 0.29) is 5.56 Å². The number of fused-ring (bicyclic) bond motifs is 1. The van der Waals surface area contributed by atoms with Crippen LogP contribution in [0.2, 0.25) is 10.0 Å². The van der Waals surface area contributed by atoms with Crippen molar-refractivity contribution in [3.8, 4) is 5.75 Å². The summed E-state index contributed by atoms with van der Waals surface area (Å²) in [6.07, 6.45) is 2.23. The van der Waals surface area contributed by atoms with E-state index >= 15 is 0 Å². The molecule has 4 aromatic rings. The van der Waals surface area contributed by atoms with Crippen LogP contribution in [-0.2, 0) is 16.1 Å². The molecule has 0 unspecified atom stereocenters. The predicted molar refractivity (Wildman–Crippen MR) is 154 cm³/mol. The van der Waals surface area contributed by atoms with E-state index in [1.54, 1.807) is 22.8 Å². The maximum absolute atomic E-state index is 13.8. The second kappa shape index (κ2) is 11.6. The minimum atomic E-state index is -0.659. The summed E-state index contributed by atoms with van der Waals surface area (Å²) in [5.41, 5.74) is 3.09. The topological polar surface area (TPSA) is 69.9 Å². The molecule has 0 saturated carbocycles. The molecule has 1 aliphatic rings. The van der Waals surface area contributed by atoms with Crippen LogP contribution in [0.4, 0.5) is 0 Å². The monoisotopic (exact) mass is 578 g/mol. The van der Waals surface area contributed by atoms with E-state index in [1.165, 1.54) is 18.4 Å². The van der Waals surface area contributed by atoms with E-state index in [1.807, 2.05) is 67.6 Å². The summed E-state index contributed by atoms with van der Waals surface area (Å²) in [4.78, 5) is 31.8. The number of halogens is 2. The number of carbonyl (C=O) groups excluding carboxylic acids is 1. The molecule has 0 bridgehead atoms. The van der Waals surface area contributed by atoms with Crippen molar-refractivity contribution in [1.82, 2.24) is 4.57 Å². The highest BCUT2D eigenvalue weighted by Crippen LogP contribution is 2.35. The Morgan fingerprint density at radius 3 is 2.31 bits per heavy atom. The van der Waals surface area contributed by atoms with E-state index in [0.717, 1.165) is 11.1 Å². The first-order valence-corrected chi connectivity index (χ1v) is 13.8. The summed E-state index contributed by atoms with van der Waals surface area (Å²) >= 11 is 14.3. The molecule has 0 N–H and O–H groups in total. The third-order valence-corrected chi connectivity index (χ3v) is 7.85. The zero-order valence-electron chi connectivity index (χ0n) is 21.2. The van der Waals surface area contributed by atoms with Gasteiger partial charge in [0.05, 0.1) is 39.0 Å². The quantitative estimate of drug-likeness (QED) is 0.264. The second-order valence-corrected chi connectivity index (χ2v) is 10.6. The Morgan fingerprint density at radius 2 is 1.69 bits per heavy atom. The highest BCUT2D eigenvalue weighted by atomic mass is 35.5. The van der Waals surface area contributed by atoms with Gasteiger partial charge >= 0.3 is 5.97 Å². The number of esters is 1. The number of hydrogen-bond donors (Lipinski definition) is 0. The van der Waals surface area contributed by atoms with Gasteiger partial charge in [-0.25, -0.2) is 9.79 Å². The van der Waals surface area contributed by atoms with Crippen LogP contribution in [0, 0.1) is 0 Å². The highest BCUT2D eigenvalue weighted by Gasteiger charge is 2.33. The number of carbonyl (C=O) groups is 1. The molecule has 2 heterocycles. The third kappa shape index (κ3) is 5.43. The summed E-state index contributed by atoms with van der Waals surface area (Å²) in [5.74, 6) is -0.136. The predicted octanol–water partition coefficient (Wildman–Crippen LogP) is 5.68. The van der Waals surface area contributed by atoms with Crippen LogP contribution in [0.25, 0.3) is 6.08 Å². The van der Waals surface area contributed by atoms with E-state index in [4.69, 9.17) is 32.7 Å². The van der Waals surface area contributed by atoms with Crippen molar-refractivity contribution < 1.29 is 14.3 Å². The molecule has 0 aliphatic carbocycles. The molecule has 5 rings (SSSR count). The lowest BCUT2D eigenvalue weighted by Crippen LogP contribution is -2.40. The van der Waals surface area contributed by atoms with Crippen LogP contribution < -0.4 is 19.6 Å². The molecule has 3 aromatic carbocycles. The van der Waals surface area contributed by atoms with Crippen LogP contribution in [0.5, 0.6) is 5.75 Å². The Kier molecular flexibility index (Phi) is 8.02. The lowest BCUT2D eigenvalue weighted by Gasteiger charge is -2.25. The average Bonchev–Trinajstić information content (AvgIpc) is 3.26. The Balaban J connectivity index is 1.58. The minimum absolute atomic E-state index is 0.277. The van der Waals surface area contributed by atoms with Gasteiger partial charge in [-0.2, -0.15) is 0 Å². The molecule has 1 aromatic heterocycles. The first kappa shape index (κ1) is 26.9. The summed E-state index contributed by atoms with van der Waals surface area (Å²) in [5, 5.41) is 0.668. The molecular weight excluding hydrogens is 555 g/mol. The van der Waals surface area contributed by atoms with Gasteiger partial charge in [-0.3, -0.25) is 9.36 Å². The van der Waals surface area contributed by atoms with Crippen molar-refractivity contribution >= 4 is 46.6 Å². The minimum Gasteiger partial charge on any atom is -0.486 e. The molecule has 1 atom stereocenters. The van der Waals surface area contributed by atoms with Gasteiger partial charge in [0, 0.05) is 0 Å². The fourth-order valence-electron chi connectivity index (χ4n) is 4.50. The number of rotatable bonds is 7. The maximum Gasteiger partial charge on any atom is 0.338 e. The molecule has 0 radical (unpaired) electrons. The van der Waals surface area contributed by atoms with Gasteiger partial charge in [-0.1, -0.05) is 102 Å². The first-order valence-electron chi connectivity index (χ1n) is 12.2. The fraction of sp³-hybridized carbons (Fsp3) is 0.167. The van der Waals surface area contributed by atoms with Crippen molar-refractivity contribution in [1.29, 1.82) is 0 Å². The van der Waals surface area contributed by atoms with Crippen molar-refractivity contribution in [2.45, 2.75) is 26.0 Å². The Labute approximate surface area is 239 Å². The number of allylic oxidation sites excluding steroid dienone is 1. The van der Waals surface area contributed by atoms with Crippen LogP contribution in [0.15, 0.2) is 93.9 Å². The molecule has 0 spiro atoms. The number of thiazole rings is 1. The normalized spacial score (nSPS) is 15.1. The average molecular weight is 580 g/mol. The summed E-state index contributed by atoms with van der Waals surface area (Å²) in [6.45, 7) is 2.24. The summed E-state index contributed by atoms with van der Waals surface area (Å²) < 4.78 is 13.0. The smallest absolute Gasteiger partial charge is 0.338 e. The fourth-order valence-corrected chi connectivity index (χ4v) is 6.13. The maximum atomic E-state index is 13.8. The van der Waals surface area contributed by atoms with Gasteiger partial charge in [-0.15, -0.1) is 0 Å². The molecule has 0 amide bonds. The van der Waals surface area contributed by atoms with Crippen LogP contribution in [-0.4, -0.2) is 17.6 Å². The van der Waals surface area contributed by atoms with Crippen LogP contribution >= 0.6 is 34.5 Å². The number of methoxy groups -OCH3 is 1. The largest absolute Gasteiger partial charge is 0.486 e. The summed E-state index contributed by atoms with van der Waals surface area (Å²) in [7, 11) is 1.33. The van der Waals surface area contributed by atoms with E-state index in [9.17, 15) is 9.59 Å². The lowest BCUT2D eigenvalue weighted by molar-refractivity contribution is -0.136. The standard InChI is InChI=1S/C30H24Cl2N2O4S/c1-3-23-25(29(36)37-2)26(20-12-8-5-9-13-20)34-28(35)24(39-30(34)33-23)16-19-14-21(31)27(22(32)15-19)38-17-18-10-6-4-7-11-18/h4-16,26H,3,17H2,1-2H3/b24-16-/t26-/m1/s1. The van der Waals surface area contributed by atoms with Crippen LogP contribution in [0.3, 0.4) is 0 Å². The molecule has 1 aliphatic heterocycles. The number of ether oxygens (including phenoxy) is 2. The number of hydrogen-bond acceptors (Lipinski definition) is 6. The van der Waals surface area contributed by atoms with Gasteiger partial charge < -0.3 is 9.47 Å². The molecule has 6 nitrogen and oxygen atoms in total. The van der Waals surface area contributed by atoms with E-state index < -0.39 is 12.0 Å². The zero-order valence-corrected chi connectivity index (χ0v) is 23.5. The van der Waals surface area contributed by atoms with E-state index in [0.29, 0.717) is 55.0 Å². The van der Waals surface area contributed by atoms with E-state index in [2.05, 4.69) is 4.99 Å². The van der Waals surface area contributed by atoms with Gasteiger partial charge in [0.25, 0.3) is 5.56 Å². The number of nitrogens with zero attached hydrogens (tertiary/aromatic N) is 2. The number of benzene rings is 3. The molecule has 198 valence electrons. The Hall–Kier alpha value is -3.65. The van der Waals surface area contributed by atoms with Gasteiger partial charge in [0.1, 0.15) is 6.61 Å². The summed E-state index contributed by atoms with van der Waals surface area (Å²) in [6, 6.07) is 21.9. The highest BCUT2D eigenvalue weighted by molar-refractivity contribution is 7.07. The lowest BCUT2D eigenvalue weighted by atomic mass is 9.95. The molecule has 0 fully saturated rings. The molecule has 39 heavy (non-hydrogen) atoms. The molecule has 9 heteroatoms. The van der Waals surface area contributed by atoms with Gasteiger partial charge in [-0.05, 0) is 41.3 Å². The van der Waals surface area contributed by atoms with Crippen molar-refractivity contribution in [2.24, 2.45) is 4.99 Å². The van der Waals surface area contributed by atoms with Crippen LogP contribution in [0.1, 0.15) is 36.1 Å². The van der Waals surface area contributed by atoms with Crippen molar-refractivity contribution in [3.05, 3.63) is 130 Å². The van der Waals surface area contributed by atoms with Crippen molar-refractivity contribution in [3.63, 3.8) is 0 Å². The third-order valence-electron chi connectivity index (χ3n) is 6.31. The Morgan fingerprint density at radius 1 is 1.05 bits per heavy atom. The molecular formula is C30H24Cl2N2O4S. The van der Waals surface area contributed by atoms with Gasteiger partial charge in [0.15, 0.2) is 10.6 Å². The van der Waals surface area contributed by atoms with Gasteiger partial charge in [0.2, 0.25) is 0 Å². The Bertz CT molecular complexity index is 1720. The zero-order chi connectivity index (χ0) is 27.5. The number of aromatic nitrogens is 1. The SMILES string of the molecule is CCC1=C(C(=O)OC)[C@@H](c2ccccc2)n2c(s/c(=C\c3cc(Cl)c(OCc4ccccc4)c(Cl)c3)c2=O)=N1. The van der Waals surface area contributed by atoms with Crippen molar-refractivity contribution in [2.75, 3.05) is 7.11 Å².